The zero-order chi connectivity index (χ0) is 24.9. The standard InChI is InChI=1S/C28H34N2O5/c1-18(27(33)30-15-13-20(14-16-30)11-12-26(31)32)19(2)29-28(34)35-17-25-23-9-5-3-7-21(23)22-8-4-6-10-24(22)25/h3-10,18-20,25H,11-17H2,1-2H3,(H,29,34)(H,31,32). The fourth-order valence-electron chi connectivity index (χ4n) is 5.22. The molecule has 1 heterocycles. The van der Waals surface area contributed by atoms with Crippen molar-refractivity contribution in [2.75, 3.05) is 19.7 Å². The summed E-state index contributed by atoms with van der Waals surface area (Å²) in [6.45, 7) is 5.14. The molecule has 0 aromatic heterocycles. The Morgan fingerprint density at radius 3 is 2.14 bits per heavy atom. The summed E-state index contributed by atoms with van der Waals surface area (Å²) in [5.41, 5.74) is 4.67. The minimum atomic E-state index is -0.773. The van der Waals surface area contributed by atoms with E-state index >= 15 is 0 Å². The zero-order valence-electron chi connectivity index (χ0n) is 20.4. The molecule has 1 aliphatic heterocycles. The number of carbonyl (C=O) groups excluding carboxylic acids is 2. The van der Waals surface area contributed by atoms with Crippen molar-refractivity contribution in [3.63, 3.8) is 0 Å². The predicted molar refractivity (Wildman–Crippen MR) is 133 cm³/mol. The van der Waals surface area contributed by atoms with Gasteiger partial charge in [-0.3, -0.25) is 9.59 Å². The molecule has 2 atom stereocenters. The van der Waals surface area contributed by atoms with Crippen LogP contribution >= 0.6 is 0 Å². The molecule has 2 amide bonds. The maximum Gasteiger partial charge on any atom is 0.407 e. The van der Waals surface area contributed by atoms with Crippen LogP contribution < -0.4 is 5.32 Å². The number of piperidine rings is 1. The summed E-state index contributed by atoms with van der Waals surface area (Å²) in [5.74, 6) is -0.809. The minimum absolute atomic E-state index is 0.00753. The number of ether oxygens (including phenoxy) is 1. The third-order valence-corrected chi connectivity index (χ3v) is 7.52. The molecule has 0 radical (unpaired) electrons. The van der Waals surface area contributed by atoms with Gasteiger partial charge >= 0.3 is 12.1 Å². The first kappa shape index (κ1) is 24.8. The van der Waals surface area contributed by atoms with Crippen molar-refractivity contribution < 1.29 is 24.2 Å². The molecule has 1 fully saturated rings. The van der Waals surface area contributed by atoms with Crippen molar-refractivity contribution in [2.24, 2.45) is 11.8 Å². The minimum Gasteiger partial charge on any atom is -0.481 e. The van der Waals surface area contributed by atoms with Crippen LogP contribution in [0.5, 0.6) is 0 Å². The Balaban J connectivity index is 1.27. The quantitative estimate of drug-likeness (QED) is 0.576. The van der Waals surface area contributed by atoms with Crippen molar-refractivity contribution in [3.05, 3.63) is 59.7 Å². The number of fused-ring (bicyclic) bond motifs is 3. The Hall–Kier alpha value is -3.35. The Morgan fingerprint density at radius 2 is 1.57 bits per heavy atom. The van der Waals surface area contributed by atoms with Crippen LogP contribution in [0.2, 0.25) is 0 Å². The highest BCUT2D eigenvalue weighted by Crippen LogP contribution is 2.44. The molecule has 7 nitrogen and oxygen atoms in total. The van der Waals surface area contributed by atoms with Crippen molar-refractivity contribution in [3.8, 4) is 11.1 Å². The van der Waals surface area contributed by atoms with Gasteiger partial charge in [0.2, 0.25) is 5.91 Å². The topological polar surface area (TPSA) is 95.9 Å². The first-order chi connectivity index (χ1) is 16.8. The Bertz CT molecular complexity index is 1030. The summed E-state index contributed by atoms with van der Waals surface area (Å²) >= 11 is 0. The molecule has 2 aromatic rings. The Morgan fingerprint density at radius 1 is 1.00 bits per heavy atom. The van der Waals surface area contributed by atoms with Gasteiger partial charge in [0.1, 0.15) is 6.61 Å². The second kappa shape index (κ2) is 10.9. The smallest absolute Gasteiger partial charge is 0.407 e. The number of amides is 2. The lowest BCUT2D eigenvalue weighted by molar-refractivity contribution is -0.139. The number of rotatable bonds is 8. The van der Waals surface area contributed by atoms with Crippen LogP contribution in [0.3, 0.4) is 0 Å². The van der Waals surface area contributed by atoms with Crippen LogP contribution in [0, 0.1) is 11.8 Å². The monoisotopic (exact) mass is 478 g/mol. The largest absolute Gasteiger partial charge is 0.481 e. The molecule has 2 aromatic carbocycles. The lowest BCUT2D eigenvalue weighted by atomic mass is 9.91. The fraction of sp³-hybridized carbons (Fsp3) is 0.464. The van der Waals surface area contributed by atoms with E-state index in [4.69, 9.17) is 9.84 Å². The van der Waals surface area contributed by atoms with E-state index in [0.29, 0.717) is 25.4 Å². The van der Waals surface area contributed by atoms with Gasteiger partial charge in [0.25, 0.3) is 0 Å². The average molecular weight is 479 g/mol. The number of hydrogen-bond donors (Lipinski definition) is 2. The maximum absolute atomic E-state index is 13.0. The molecule has 35 heavy (non-hydrogen) atoms. The Kier molecular flexibility index (Phi) is 7.73. The SMILES string of the molecule is CC(NC(=O)OCC1c2ccccc2-c2ccccc21)C(C)C(=O)N1CCC(CCC(=O)O)CC1. The molecule has 7 heteroatoms. The van der Waals surface area contributed by atoms with Gasteiger partial charge in [0.05, 0.1) is 5.92 Å². The number of carbonyl (C=O) groups is 3. The van der Waals surface area contributed by atoms with Gasteiger partial charge in [-0.15, -0.1) is 0 Å². The highest BCUT2D eigenvalue weighted by Gasteiger charge is 2.31. The van der Waals surface area contributed by atoms with E-state index in [1.807, 2.05) is 43.0 Å². The van der Waals surface area contributed by atoms with E-state index in [-0.39, 0.29) is 36.8 Å². The van der Waals surface area contributed by atoms with Crippen LogP contribution in [0.15, 0.2) is 48.5 Å². The molecule has 0 saturated carbocycles. The Labute approximate surface area is 206 Å². The third-order valence-electron chi connectivity index (χ3n) is 7.52. The first-order valence-electron chi connectivity index (χ1n) is 12.5. The number of benzene rings is 2. The summed E-state index contributed by atoms with van der Waals surface area (Å²) in [5, 5.41) is 11.7. The summed E-state index contributed by atoms with van der Waals surface area (Å²) in [6, 6.07) is 16.0. The first-order valence-corrected chi connectivity index (χ1v) is 12.5. The van der Waals surface area contributed by atoms with Gasteiger partial charge in [-0.05, 0) is 54.4 Å². The lowest BCUT2D eigenvalue weighted by Crippen LogP contribution is -2.48. The van der Waals surface area contributed by atoms with E-state index in [0.717, 1.165) is 24.0 Å². The third kappa shape index (κ3) is 5.66. The van der Waals surface area contributed by atoms with E-state index in [1.54, 1.807) is 0 Å². The molecule has 1 saturated heterocycles. The molecule has 0 spiro atoms. The van der Waals surface area contributed by atoms with Gasteiger partial charge in [-0.1, -0.05) is 55.5 Å². The molecule has 2 unspecified atom stereocenters. The summed E-state index contributed by atoms with van der Waals surface area (Å²) in [6.07, 6.45) is 1.95. The van der Waals surface area contributed by atoms with Gasteiger partial charge in [-0.2, -0.15) is 0 Å². The summed E-state index contributed by atoms with van der Waals surface area (Å²) in [4.78, 5) is 38.2. The number of carboxylic acid groups (broad SMARTS) is 1. The number of likely N-dealkylation sites (tertiary alicyclic amines) is 1. The van der Waals surface area contributed by atoms with Crippen molar-refractivity contribution in [1.82, 2.24) is 10.2 Å². The number of hydrogen-bond acceptors (Lipinski definition) is 4. The fourth-order valence-corrected chi connectivity index (χ4v) is 5.22. The van der Waals surface area contributed by atoms with Gasteiger partial charge < -0.3 is 20.1 Å². The highest BCUT2D eigenvalue weighted by molar-refractivity contribution is 5.81. The van der Waals surface area contributed by atoms with Gasteiger partial charge in [0, 0.05) is 31.5 Å². The van der Waals surface area contributed by atoms with Crippen molar-refractivity contribution >= 4 is 18.0 Å². The maximum atomic E-state index is 13.0. The summed E-state index contributed by atoms with van der Waals surface area (Å²) < 4.78 is 5.62. The number of nitrogens with one attached hydrogen (secondary N) is 1. The van der Waals surface area contributed by atoms with Crippen LogP contribution in [0.4, 0.5) is 4.79 Å². The van der Waals surface area contributed by atoms with E-state index in [1.165, 1.54) is 11.1 Å². The van der Waals surface area contributed by atoms with Crippen molar-refractivity contribution in [2.45, 2.75) is 51.5 Å². The number of carboxylic acids is 1. The van der Waals surface area contributed by atoms with Crippen molar-refractivity contribution in [1.29, 1.82) is 0 Å². The highest BCUT2D eigenvalue weighted by atomic mass is 16.5. The average Bonchev–Trinajstić information content (AvgIpc) is 3.19. The molecule has 2 N–H and O–H groups in total. The van der Waals surface area contributed by atoms with E-state index in [9.17, 15) is 14.4 Å². The molecule has 2 aliphatic rings. The second-order valence-electron chi connectivity index (χ2n) is 9.75. The molecular weight excluding hydrogens is 444 g/mol. The molecule has 186 valence electrons. The zero-order valence-corrected chi connectivity index (χ0v) is 20.4. The van der Waals surface area contributed by atoms with Crippen LogP contribution in [0.1, 0.15) is 56.6 Å². The summed E-state index contributed by atoms with van der Waals surface area (Å²) in [7, 11) is 0. The van der Waals surface area contributed by atoms with Crippen LogP contribution in [-0.4, -0.2) is 53.7 Å². The van der Waals surface area contributed by atoms with E-state index < -0.39 is 12.1 Å². The molecule has 1 aliphatic carbocycles. The normalized spacial score (nSPS) is 17.3. The molecular formula is C28H34N2O5. The number of alkyl carbamates (subject to hydrolysis) is 1. The lowest BCUT2D eigenvalue weighted by Gasteiger charge is -2.34. The number of nitrogens with zero attached hydrogens (tertiary/aromatic N) is 1. The number of aliphatic carboxylic acids is 1. The van der Waals surface area contributed by atoms with Crippen LogP contribution in [-0.2, 0) is 14.3 Å². The predicted octanol–water partition coefficient (Wildman–Crippen LogP) is 4.65. The van der Waals surface area contributed by atoms with Gasteiger partial charge in [0.15, 0.2) is 0 Å². The molecule has 0 bridgehead atoms. The second-order valence-corrected chi connectivity index (χ2v) is 9.75. The van der Waals surface area contributed by atoms with Gasteiger partial charge in [-0.25, -0.2) is 4.79 Å². The van der Waals surface area contributed by atoms with E-state index in [2.05, 4.69) is 29.6 Å². The molecule has 4 rings (SSSR count). The van der Waals surface area contributed by atoms with Crippen LogP contribution in [0.25, 0.3) is 11.1 Å².